The van der Waals surface area contributed by atoms with Gasteiger partial charge in [-0.25, -0.2) is 8.78 Å². The van der Waals surface area contributed by atoms with Gasteiger partial charge in [0.1, 0.15) is 0 Å². The molecule has 1 aromatic carbocycles. The zero-order valence-electron chi connectivity index (χ0n) is 10.7. The Morgan fingerprint density at radius 3 is 2.63 bits per heavy atom. The monoisotopic (exact) mass is 268 g/mol. The zero-order valence-corrected chi connectivity index (χ0v) is 10.7. The van der Waals surface area contributed by atoms with Gasteiger partial charge in [-0.15, -0.1) is 0 Å². The first-order valence-corrected chi connectivity index (χ1v) is 6.59. The summed E-state index contributed by atoms with van der Waals surface area (Å²) in [5, 5.41) is 5.87. The molecule has 1 aromatic rings. The molecule has 104 valence electrons. The van der Waals surface area contributed by atoms with Crippen molar-refractivity contribution in [2.24, 2.45) is 0 Å². The fourth-order valence-electron chi connectivity index (χ4n) is 2.32. The minimum atomic E-state index is -0.866. The van der Waals surface area contributed by atoms with Crippen LogP contribution in [0.5, 0.6) is 0 Å². The summed E-state index contributed by atoms with van der Waals surface area (Å²) in [6.45, 7) is 0.533. The van der Waals surface area contributed by atoms with Crippen molar-refractivity contribution in [3.8, 4) is 0 Å². The zero-order chi connectivity index (χ0) is 13.7. The van der Waals surface area contributed by atoms with Gasteiger partial charge in [-0.3, -0.25) is 4.79 Å². The number of halogens is 2. The van der Waals surface area contributed by atoms with Crippen LogP contribution >= 0.6 is 0 Å². The number of hydrogen-bond acceptors (Lipinski definition) is 2. The highest BCUT2D eigenvalue weighted by Gasteiger charge is 2.16. The minimum Gasteiger partial charge on any atom is -0.352 e. The van der Waals surface area contributed by atoms with Gasteiger partial charge in [-0.05, 0) is 30.5 Å². The lowest BCUT2D eigenvalue weighted by atomic mass is 10.2. The predicted molar refractivity (Wildman–Crippen MR) is 68.5 cm³/mol. The maximum absolute atomic E-state index is 13.0. The molecule has 1 aliphatic carbocycles. The van der Waals surface area contributed by atoms with Crippen molar-refractivity contribution < 1.29 is 13.6 Å². The Hall–Kier alpha value is -1.49. The molecule has 1 fully saturated rings. The van der Waals surface area contributed by atoms with Crippen molar-refractivity contribution in [3.63, 3.8) is 0 Å². The van der Waals surface area contributed by atoms with Crippen LogP contribution in [-0.2, 0) is 11.3 Å². The van der Waals surface area contributed by atoms with E-state index in [-0.39, 0.29) is 12.5 Å². The molecule has 1 amide bonds. The third kappa shape index (κ3) is 4.28. The molecular weight excluding hydrogens is 250 g/mol. The van der Waals surface area contributed by atoms with Crippen molar-refractivity contribution in [1.29, 1.82) is 0 Å². The van der Waals surface area contributed by atoms with E-state index in [1.165, 1.54) is 18.9 Å². The Morgan fingerprint density at radius 2 is 1.95 bits per heavy atom. The summed E-state index contributed by atoms with van der Waals surface area (Å²) in [7, 11) is 0. The highest BCUT2D eigenvalue weighted by atomic mass is 19.2. The number of hydrogen-bond donors (Lipinski definition) is 2. The SMILES string of the molecule is O=C(CNCc1ccc(F)c(F)c1)NC1CCCC1. The molecule has 1 saturated carbocycles. The maximum Gasteiger partial charge on any atom is 0.234 e. The standard InChI is InChI=1S/C14H18F2N2O/c15-12-6-5-10(7-13(12)16)8-17-9-14(19)18-11-3-1-2-4-11/h5-7,11,17H,1-4,8-9H2,(H,18,19). The summed E-state index contributed by atoms with van der Waals surface area (Å²) in [5.41, 5.74) is 0.618. The third-order valence-corrected chi connectivity index (χ3v) is 3.32. The molecular formula is C14H18F2N2O. The summed E-state index contributed by atoms with van der Waals surface area (Å²) >= 11 is 0. The number of amides is 1. The van der Waals surface area contributed by atoms with Gasteiger partial charge in [0.25, 0.3) is 0 Å². The summed E-state index contributed by atoms with van der Waals surface area (Å²) in [5.74, 6) is -1.77. The second-order valence-corrected chi connectivity index (χ2v) is 4.90. The fraction of sp³-hybridized carbons (Fsp3) is 0.500. The molecule has 5 heteroatoms. The summed E-state index contributed by atoms with van der Waals surface area (Å²) < 4.78 is 25.7. The topological polar surface area (TPSA) is 41.1 Å². The summed E-state index contributed by atoms with van der Waals surface area (Å²) in [6.07, 6.45) is 4.45. The maximum atomic E-state index is 13.0. The first-order chi connectivity index (χ1) is 9.15. The van der Waals surface area contributed by atoms with Crippen LogP contribution in [0.4, 0.5) is 8.78 Å². The first-order valence-electron chi connectivity index (χ1n) is 6.59. The van der Waals surface area contributed by atoms with Crippen molar-refractivity contribution in [1.82, 2.24) is 10.6 Å². The van der Waals surface area contributed by atoms with E-state index < -0.39 is 11.6 Å². The molecule has 0 saturated heterocycles. The average molecular weight is 268 g/mol. The van der Waals surface area contributed by atoms with E-state index in [1.54, 1.807) is 0 Å². The summed E-state index contributed by atoms with van der Waals surface area (Å²) in [4.78, 5) is 11.6. The fourth-order valence-corrected chi connectivity index (χ4v) is 2.32. The van der Waals surface area contributed by atoms with Crippen LogP contribution in [0.15, 0.2) is 18.2 Å². The third-order valence-electron chi connectivity index (χ3n) is 3.32. The molecule has 3 nitrogen and oxygen atoms in total. The van der Waals surface area contributed by atoms with Gasteiger partial charge < -0.3 is 10.6 Å². The van der Waals surface area contributed by atoms with Gasteiger partial charge >= 0.3 is 0 Å². The van der Waals surface area contributed by atoms with Crippen LogP contribution in [0.3, 0.4) is 0 Å². The van der Waals surface area contributed by atoms with Crippen LogP contribution in [0.25, 0.3) is 0 Å². The molecule has 0 radical (unpaired) electrons. The number of carbonyl (C=O) groups is 1. The second-order valence-electron chi connectivity index (χ2n) is 4.90. The average Bonchev–Trinajstić information content (AvgIpc) is 2.86. The van der Waals surface area contributed by atoms with Gasteiger partial charge in [0.15, 0.2) is 11.6 Å². The highest BCUT2D eigenvalue weighted by Crippen LogP contribution is 2.17. The van der Waals surface area contributed by atoms with Crippen LogP contribution in [0.2, 0.25) is 0 Å². The molecule has 19 heavy (non-hydrogen) atoms. The van der Waals surface area contributed by atoms with Gasteiger partial charge in [-0.2, -0.15) is 0 Å². The molecule has 0 aliphatic heterocycles. The molecule has 0 atom stereocenters. The van der Waals surface area contributed by atoms with E-state index in [0.717, 1.165) is 25.0 Å². The lowest BCUT2D eigenvalue weighted by Gasteiger charge is -2.12. The number of benzene rings is 1. The van der Waals surface area contributed by atoms with Gasteiger partial charge in [0, 0.05) is 12.6 Å². The lowest BCUT2D eigenvalue weighted by molar-refractivity contribution is -0.120. The Bertz CT molecular complexity index is 445. The van der Waals surface area contributed by atoms with E-state index in [4.69, 9.17) is 0 Å². The van der Waals surface area contributed by atoms with E-state index >= 15 is 0 Å². The number of carbonyl (C=O) groups excluding carboxylic acids is 1. The van der Waals surface area contributed by atoms with Crippen LogP contribution in [-0.4, -0.2) is 18.5 Å². The van der Waals surface area contributed by atoms with Crippen molar-refractivity contribution in [3.05, 3.63) is 35.4 Å². The smallest absolute Gasteiger partial charge is 0.234 e. The van der Waals surface area contributed by atoms with Crippen LogP contribution in [0, 0.1) is 11.6 Å². The molecule has 0 heterocycles. The predicted octanol–water partition coefficient (Wildman–Crippen LogP) is 2.11. The molecule has 0 aromatic heterocycles. The Labute approximate surface area is 111 Å². The molecule has 1 aliphatic rings. The quantitative estimate of drug-likeness (QED) is 0.858. The highest BCUT2D eigenvalue weighted by molar-refractivity contribution is 5.78. The first kappa shape index (κ1) is 13.9. The van der Waals surface area contributed by atoms with E-state index in [2.05, 4.69) is 10.6 Å². The number of nitrogens with one attached hydrogen (secondary N) is 2. The van der Waals surface area contributed by atoms with Gasteiger partial charge in [0.05, 0.1) is 6.54 Å². The van der Waals surface area contributed by atoms with Crippen LogP contribution in [0.1, 0.15) is 31.2 Å². The van der Waals surface area contributed by atoms with Crippen molar-refractivity contribution in [2.75, 3.05) is 6.54 Å². The summed E-state index contributed by atoms with van der Waals surface area (Å²) in [6, 6.07) is 4.03. The van der Waals surface area contributed by atoms with Crippen molar-refractivity contribution >= 4 is 5.91 Å². The molecule has 2 N–H and O–H groups in total. The van der Waals surface area contributed by atoms with Crippen molar-refractivity contribution in [2.45, 2.75) is 38.3 Å². The Balaban J connectivity index is 1.70. The number of rotatable bonds is 5. The van der Waals surface area contributed by atoms with Gasteiger partial charge in [0.2, 0.25) is 5.91 Å². The second kappa shape index (κ2) is 6.61. The van der Waals surface area contributed by atoms with E-state index in [9.17, 15) is 13.6 Å². The Morgan fingerprint density at radius 1 is 1.21 bits per heavy atom. The molecule has 0 bridgehead atoms. The van der Waals surface area contributed by atoms with E-state index in [1.807, 2.05) is 0 Å². The molecule has 0 spiro atoms. The molecule has 2 rings (SSSR count). The lowest BCUT2D eigenvalue weighted by Crippen LogP contribution is -2.38. The largest absolute Gasteiger partial charge is 0.352 e. The molecule has 0 unspecified atom stereocenters. The Kier molecular flexibility index (Phi) is 4.85. The normalized spacial score (nSPS) is 15.7. The van der Waals surface area contributed by atoms with Gasteiger partial charge in [-0.1, -0.05) is 18.9 Å². The minimum absolute atomic E-state index is 0.0468. The van der Waals surface area contributed by atoms with Crippen LogP contribution < -0.4 is 10.6 Å². The van der Waals surface area contributed by atoms with E-state index in [0.29, 0.717) is 18.2 Å².